The third-order valence-corrected chi connectivity index (χ3v) is 3.76. The van der Waals surface area contributed by atoms with E-state index >= 15 is 0 Å². The van der Waals surface area contributed by atoms with Gasteiger partial charge in [0.2, 0.25) is 0 Å². The number of hydrogen-bond donors (Lipinski definition) is 1. The monoisotopic (exact) mass is 266 g/mol. The Morgan fingerprint density at radius 1 is 1.44 bits per heavy atom. The normalized spacial score (nSPS) is 20.7. The molecule has 0 fully saturated rings. The first-order valence-corrected chi connectivity index (χ1v) is 6.74. The number of hydrogen-bond acceptors (Lipinski definition) is 2. The molecular formula is C15H19ClO2. The summed E-state index contributed by atoms with van der Waals surface area (Å²) in [4.78, 5) is 0. The summed E-state index contributed by atoms with van der Waals surface area (Å²) in [5.74, 6) is 1.14. The fraction of sp³-hybridized carbons (Fsp3) is 0.467. The molecule has 0 radical (unpaired) electrons. The summed E-state index contributed by atoms with van der Waals surface area (Å²) in [7, 11) is 1.64. The molecule has 0 saturated heterocycles. The maximum Gasteiger partial charge on any atom is 0.122 e. The van der Waals surface area contributed by atoms with Gasteiger partial charge in [-0.3, -0.25) is 0 Å². The van der Waals surface area contributed by atoms with E-state index in [4.69, 9.17) is 16.3 Å². The number of aliphatic hydroxyl groups excluding tert-OH is 1. The third kappa shape index (κ3) is 3.27. The van der Waals surface area contributed by atoms with Crippen molar-refractivity contribution in [1.82, 2.24) is 0 Å². The van der Waals surface area contributed by atoms with Crippen molar-refractivity contribution in [2.75, 3.05) is 7.11 Å². The predicted molar refractivity (Wildman–Crippen MR) is 74.2 cm³/mol. The summed E-state index contributed by atoms with van der Waals surface area (Å²) in [5, 5.41) is 11.0. The van der Waals surface area contributed by atoms with Crippen molar-refractivity contribution < 1.29 is 9.84 Å². The van der Waals surface area contributed by atoms with Crippen LogP contribution in [0.4, 0.5) is 0 Å². The van der Waals surface area contributed by atoms with Crippen LogP contribution in [-0.2, 0) is 6.42 Å². The number of methoxy groups -OCH3 is 1. The molecule has 0 spiro atoms. The number of halogens is 1. The molecule has 18 heavy (non-hydrogen) atoms. The highest BCUT2D eigenvalue weighted by Crippen LogP contribution is 2.28. The minimum absolute atomic E-state index is 0.331. The highest BCUT2D eigenvalue weighted by molar-refractivity contribution is 6.30. The van der Waals surface area contributed by atoms with Gasteiger partial charge in [0, 0.05) is 11.4 Å². The zero-order valence-electron chi connectivity index (χ0n) is 10.6. The Morgan fingerprint density at radius 3 is 2.94 bits per heavy atom. The van der Waals surface area contributed by atoms with Gasteiger partial charge >= 0.3 is 0 Å². The van der Waals surface area contributed by atoms with Gasteiger partial charge in [-0.15, -0.1) is 0 Å². The molecule has 2 unspecified atom stereocenters. The van der Waals surface area contributed by atoms with Crippen molar-refractivity contribution in [3.63, 3.8) is 0 Å². The van der Waals surface area contributed by atoms with Gasteiger partial charge < -0.3 is 9.84 Å². The highest BCUT2D eigenvalue weighted by atomic mass is 35.5. The van der Waals surface area contributed by atoms with Crippen LogP contribution in [0.5, 0.6) is 5.75 Å². The molecule has 1 aliphatic rings. The quantitative estimate of drug-likeness (QED) is 0.844. The molecule has 0 saturated carbocycles. The van der Waals surface area contributed by atoms with Crippen LogP contribution in [0, 0.1) is 5.92 Å². The fourth-order valence-corrected chi connectivity index (χ4v) is 2.66. The van der Waals surface area contributed by atoms with Crippen molar-refractivity contribution in [3.8, 4) is 5.75 Å². The molecule has 1 aromatic carbocycles. The van der Waals surface area contributed by atoms with Gasteiger partial charge in [0.05, 0.1) is 13.2 Å². The lowest BCUT2D eigenvalue weighted by Gasteiger charge is -2.24. The van der Waals surface area contributed by atoms with Gasteiger partial charge in [0.1, 0.15) is 5.75 Å². The van der Waals surface area contributed by atoms with E-state index in [9.17, 15) is 5.11 Å². The molecule has 0 amide bonds. The molecule has 0 bridgehead atoms. The molecule has 2 nitrogen and oxygen atoms in total. The average molecular weight is 267 g/mol. The topological polar surface area (TPSA) is 29.5 Å². The second-order valence-corrected chi connectivity index (χ2v) is 5.21. The van der Waals surface area contributed by atoms with E-state index in [2.05, 4.69) is 12.2 Å². The molecular weight excluding hydrogens is 248 g/mol. The van der Waals surface area contributed by atoms with Gasteiger partial charge in [-0.1, -0.05) is 23.8 Å². The van der Waals surface area contributed by atoms with Crippen LogP contribution in [0.15, 0.2) is 30.4 Å². The average Bonchev–Trinajstić information content (AvgIpc) is 2.40. The zero-order chi connectivity index (χ0) is 13.0. The van der Waals surface area contributed by atoms with Crippen LogP contribution in [0.1, 0.15) is 24.8 Å². The van der Waals surface area contributed by atoms with Crippen molar-refractivity contribution in [2.45, 2.75) is 31.8 Å². The summed E-state index contributed by atoms with van der Waals surface area (Å²) in [6, 6.07) is 5.53. The van der Waals surface area contributed by atoms with Crippen molar-refractivity contribution in [1.29, 1.82) is 0 Å². The predicted octanol–water partition coefficient (Wildman–Crippen LogP) is 3.61. The number of ether oxygens (including phenoxy) is 1. The summed E-state index contributed by atoms with van der Waals surface area (Å²) in [6.45, 7) is 0. The molecule has 98 valence electrons. The second kappa shape index (κ2) is 6.26. The Hall–Kier alpha value is -0.990. The lowest BCUT2D eigenvalue weighted by Crippen LogP contribution is -2.23. The van der Waals surface area contributed by atoms with Gasteiger partial charge in [-0.2, -0.15) is 0 Å². The lowest BCUT2D eigenvalue weighted by molar-refractivity contribution is 0.101. The number of rotatable bonds is 4. The van der Waals surface area contributed by atoms with Crippen LogP contribution in [-0.4, -0.2) is 18.3 Å². The molecule has 0 aliphatic heterocycles. The smallest absolute Gasteiger partial charge is 0.122 e. The molecule has 1 aliphatic carbocycles. The summed E-state index contributed by atoms with van der Waals surface area (Å²) in [6.07, 6.45) is 7.69. The molecule has 3 heteroatoms. The Balaban J connectivity index is 2.07. The van der Waals surface area contributed by atoms with Gasteiger partial charge in [0.15, 0.2) is 0 Å². The molecule has 2 rings (SSSR count). The van der Waals surface area contributed by atoms with Crippen molar-refractivity contribution in [2.24, 2.45) is 5.92 Å². The third-order valence-electron chi connectivity index (χ3n) is 3.53. The summed E-state index contributed by atoms with van der Waals surface area (Å²) in [5.41, 5.74) is 0.979. The van der Waals surface area contributed by atoms with Crippen LogP contribution < -0.4 is 4.74 Å². The zero-order valence-corrected chi connectivity index (χ0v) is 11.4. The molecule has 0 aromatic heterocycles. The van der Waals surface area contributed by atoms with E-state index in [0.717, 1.165) is 30.6 Å². The Bertz CT molecular complexity index is 429. The standard InChI is InChI=1S/C15H19ClO2/c1-18-15-8-7-13(16)9-12(15)10-14(17)11-5-3-2-4-6-11/h2-3,7-9,11,14,17H,4-6,10H2,1H3. The van der Waals surface area contributed by atoms with Crippen LogP contribution in [0.2, 0.25) is 5.02 Å². The van der Waals surface area contributed by atoms with Crippen LogP contribution >= 0.6 is 11.6 Å². The second-order valence-electron chi connectivity index (χ2n) is 4.77. The fourth-order valence-electron chi connectivity index (χ4n) is 2.47. The molecule has 1 aromatic rings. The van der Waals surface area contributed by atoms with Crippen LogP contribution in [0.25, 0.3) is 0 Å². The minimum Gasteiger partial charge on any atom is -0.496 e. The number of allylic oxidation sites excluding steroid dienone is 2. The van der Waals surface area contributed by atoms with E-state index in [0.29, 0.717) is 17.4 Å². The maximum atomic E-state index is 10.3. The summed E-state index contributed by atoms with van der Waals surface area (Å²) < 4.78 is 5.30. The number of aliphatic hydroxyl groups is 1. The highest BCUT2D eigenvalue weighted by Gasteiger charge is 2.21. The number of benzene rings is 1. The Morgan fingerprint density at radius 2 is 2.28 bits per heavy atom. The van der Waals surface area contributed by atoms with Gasteiger partial charge in [-0.05, 0) is 48.9 Å². The lowest BCUT2D eigenvalue weighted by atomic mass is 9.86. The molecule has 1 N–H and O–H groups in total. The Kier molecular flexibility index (Phi) is 4.67. The van der Waals surface area contributed by atoms with E-state index in [1.807, 2.05) is 12.1 Å². The van der Waals surface area contributed by atoms with Crippen molar-refractivity contribution in [3.05, 3.63) is 40.9 Å². The maximum absolute atomic E-state index is 10.3. The minimum atomic E-state index is -0.331. The SMILES string of the molecule is COc1ccc(Cl)cc1CC(O)C1CC=CCC1. The largest absolute Gasteiger partial charge is 0.496 e. The molecule has 0 heterocycles. The summed E-state index contributed by atoms with van der Waals surface area (Å²) >= 11 is 5.99. The van der Waals surface area contributed by atoms with Gasteiger partial charge in [-0.25, -0.2) is 0 Å². The first-order chi connectivity index (χ1) is 8.70. The first kappa shape index (κ1) is 13.4. The van der Waals surface area contributed by atoms with E-state index in [1.54, 1.807) is 13.2 Å². The van der Waals surface area contributed by atoms with Crippen molar-refractivity contribution >= 4 is 11.6 Å². The van der Waals surface area contributed by atoms with Crippen LogP contribution in [0.3, 0.4) is 0 Å². The van der Waals surface area contributed by atoms with E-state index < -0.39 is 0 Å². The van der Waals surface area contributed by atoms with E-state index in [-0.39, 0.29) is 6.10 Å². The van der Waals surface area contributed by atoms with E-state index in [1.165, 1.54) is 0 Å². The first-order valence-electron chi connectivity index (χ1n) is 6.36. The van der Waals surface area contributed by atoms with Gasteiger partial charge in [0.25, 0.3) is 0 Å². The Labute approximate surface area is 113 Å². The molecule has 2 atom stereocenters.